The molecule has 6 nitrogen and oxygen atoms in total. The van der Waals surface area contributed by atoms with E-state index in [9.17, 15) is 14.4 Å². The van der Waals surface area contributed by atoms with Crippen molar-refractivity contribution in [2.24, 2.45) is 0 Å². The molecule has 0 bridgehead atoms. The number of rotatable bonds is 5. The van der Waals surface area contributed by atoms with Crippen molar-refractivity contribution in [1.82, 2.24) is 10.2 Å². The molecule has 0 aromatic heterocycles. The summed E-state index contributed by atoms with van der Waals surface area (Å²) in [5.74, 6) is -0.961. The SMILES string of the molecule is CC(/C=C1\NC(=O)N(CC(=O)Nc2cccc(C)c2)C1=O)=C\c1ccccc1. The number of imide groups is 1. The first-order valence-corrected chi connectivity index (χ1v) is 8.87. The number of anilines is 1. The second-order valence-corrected chi connectivity index (χ2v) is 6.60. The molecule has 142 valence electrons. The summed E-state index contributed by atoms with van der Waals surface area (Å²) < 4.78 is 0. The standard InChI is InChI=1S/C22H21N3O3/c1-15-7-6-10-18(12-15)23-20(26)14-25-21(27)19(24-22(25)28)13-16(2)11-17-8-4-3-5-9-17/h3-13H,14H2,1-2H3,(H,23,26)(H,24,28)/b16-11+,19-13-. The zero-order valence-corrected chi connectivity index (χ0v) is 15.7. The van der Waals surface area contributed by atoms with Gasteiger partial charge in [0.1, 0.15) is 12.2 Å². The first kappa shape index (κ1) is 19.1. The number of benzene rings is 2. The van der Waals surface area contributed by atoms with Crippen LogP contribution in [-0.2, 0) is 9.59 Å². The number of urea groups is 1. The molecular formula is C22H21N3O3. The van der Waals surface area contributed by atoms with Gasteiger partial charge in [-0.2, -0.15) is 0 Å². The molecule has 2 N–H and O–H groups in total. The number of nitrogens with one attached hydrogen (secondary N) is 2. The lowest BCUT2D eigenvalue weighted by Crippen LogP contribution is -2.38. The fraction of sp³-hybridized carbons (Fsp3) is 0.136. The Morgan fingerprint density at radius 2 is 1.86 bits per heavy atom. The van der Waals surface area contributed by atoms with Crippen LogP contribution in [0.15, 0.2) is 71.9 Å². The lowest BCUT2D eigenvalue weighted by Gasteiger charge is -2.12. The molecule has 1 saturated heterocycles. The lowest BCUT2D eigenvalue weighted by atomic mass is 10.1. The Hall–Kier alpha value is -3.67. The maximum atomic E-state index is 12.5. The molecule has 2 aromatic carbocycles. The van der Waals surface area contributed by atoms with Crippen molar-refractivity contribution < 1.29 is 14.4 Å². The van der Waals surface area contributed by atoms with Crippen LogP contribution in [0.1, 0.15) is 18.1 Å². The van der Waals surface area contributed by atoms with Crippen LogP contribution in [-0.4, -0.2) is 29.3 Å². The predicted octanol–water partition coefficient (Wildman–Crippen LogP) is 3.47. The van der Waals surface area contributed by atoms with E-state index in [2.05, 4.69) is 10.6 Å². The summed E-state index contributed by atoms with van der Waals surface area (Å²) in [6.07, 6.45) is 3.51. The number of allylic oxidation sites excluding steroid dienone is 2. The van der Waals surface area contributed by atoms with Crippen LogP contribution in [0.3, 0.4) is 0 Å². The summed E-state index contributed by atoms with van der Waals surface area (Å²) in [6.45, 7) is 3.40. The van der Waals surface area contributed by atoms with Crippen LogP contribution in [0.25, 0.3) is 6.08 Å². The zero-order chi connectivity index (χ0) is 20.1. The third-order valence-corrected chi connectivity index (χ3v) is 4.13. The maximum Gasteiger partial charge on any atom is 0.329 e. The van der Waals surface area contributed by atoms with E-state index in [4.69, 9.17) is 0 Å². The second-order valence-electron chi connectivity index (χ2n) is 6.60. The van der Waals surface area contributed by atoms with Crippen molar-refractivity contribution >= 4 is 29.6 Å². The molecule has 3 rings (SSSR count). The van der Waals surface area contributed by atoms with E-state index < -0.39 is 17.8 Å². The lowest BCUT2D eigenvalue weighted by molar-refractivity contribution is -0.127. The Morgan fingerprint density at radius 1 is 1.11 bits per heavy atom. The highest BCUT2D eigenvalue weighted by Gasteiger charge is 2.34. The molecule has 0 atom stereocenters. The molecule has 0 spiro atoms. The van der Waals surface area contributed by atoms with Gasteiger partial charge in [0.05, 0.1) is 0 Å². The van der Waals surface area contributed by atoms with Crippen LogP contribution < -0.4 is 10.6 Å². The first-order valence-electron chi connectivity index (χ1n) is 8.87. The van der Waals surface area contributed by atoms with E-state index in [0.29, 0.717) is 5.69 Å². The smallest absolute Gasteiger partial charge is 0.325 e. The maximum absolute atomic E-state index is 12.5. The van der Waals surface area contributed by atoms with Crippen molar-refractivity contribution in [3.8, 4) is 0 Å². The number of nitrogens with zero attached hydrogens (tertiary/aromatic N) is 1. The molecule has 0 aliphatic carbocycles. The molecule has 1 aliphatic heterocycles. The third kappa shape index (κ3) is 4.73. The molecule has 2 aromatic rings. The van der Waals surface area contributed by atoms with Crippen LogP contribution in [0.5, 0.6) is 0 Å². The molecule has 1 aliphatic rings. The van der Waals surface area contributed by atoms with E-state index >= 15 is 0 Å². The molecule has 4 amide bonds. The van der Waals surface area contributed by atoms with Gasteiger partial charge < -0.3 is 10.6 Å². The highest BCUT2D eigenvalue weighted by atomic mass is 16.2. The molecule has 6 heteroatoms. The summed E-state index contributed by atoms with van der Waals surface area (Å²) in [4.78, 5) is 37.8. The van der Waals surface area contributed by atoms with Gasteiger partial charge in [0.25, 0.3) is 5.91 Å². The average molecular weight is 375 g/mol. The molecule has 1 heterocycles. The molecule has 0 saturated carbocycles. The molecule has 0 unspecified atom stereocenters. The van der Waals surface area contributed by atoms with Crippen molar-refractivity contribution in [2.75, 3.05) is 11.9 Å². The number of hydrogen-bond acceptors (Lipinski definition) is 3. The predicted molar refractivity (Wildman–Crippen MR) is 108 cm³/mol. The van der Waals surface area contributed by atoms with E-state index in [1.807, 2.05) is 68.5 Å². The summed E-state index contributed by atoms with van der Waals surface area (Å²) in [6, 6.07) is 16.3. The number of amides is 4. The van der Waals surface area contributed by atoms with Crippen LogP contribution in [0.4, 0.5) is 10.5 Å². The first-order chi connectivity index (χ1) is 13.4. The van der Waals surface area contributed by atoms with Gasteiger partial charge in [0, 0.05) is 5.69 Å². The van der Waals surface area contributed by atoms with Gasteiger partial charge in [0.15, 0.2) is 0 Å². The molecule has 0 radical (unpaired) electrons. The van der Waals surface area contributed by atoms with Gasteiger partial charge in [-0.1, -0.05) is 48.5 Å². The van der Waals surface area contributed by atoms with Crippen molar-refractivity contribution in [2.45, 2.75) is 13.8 Å². The van der Waals surface area contributed by atoms with Crippen molar-refractivity contribution in [1.29, 1.82) is 0 Å². The summed E-state index contributed by atoms with van der Waals surface area (Å²) in [7, 11) is 0. The minimum absolute atomic E-state index is 0.151. The Bertz CT molecular complexity index is 978. The molecule has 1 fully saturated rings. The minimum atomic E-state index is -0.608. The normalized spacial score (nSPS) is 15.7. The number of carbonyl (C=O) groups excluding carboxylic acids is 3. The van der Waals surface area contributed by atoms with Gasteiger partial charge in [0.2, 0.25) is 5.91 Å². The minimum Gasteiger partial charge on any atom is -0.325 e. The number of aryl methyl sites for hydroxylation is 1. The highest BCUT2D eigenvalue weighted by Crippen LogP contribution is 2.15. The topological polar surface area (TPSA) is 78.5 Å². The van der Waals surface area contributed by atoms with Gasteiger partial charge >= 0.3 is 6.03 Å². The Morgan fingerprint density at radius 3 is 2.57 bits per heavy atom. The largest absolute Gasteiger partial charge is 0.329 e. The summed E-state index contributed by atoms with van der Waals surface area (Å²) in [5, 5.41) is 5.22. The zero-order valence-electron chi connectivity index (χ0n) is 15.7. The Labute approximate surface area is 163 Å². The van der Waals surface area contributed by atoms with Crippen LogP contribution in [0.2, 0.25) is 0 Å². The second kappa shape index (κ2) is 8.35. The Balaban J connectivity index is 1.67. The van der Waals surface area contributed by atoms with E-state index in [0.717, 1.165) is 21.6 Å². The summed E-state index contributed by atoms with van der Waals surface area (Å²) in [5.41, 5.74) is 3.56. The van der Waals surface area contributed by atoms with E-state index in [-0.39, 0.29) is 12.2 Å². The average Bonchev–Trinajstić information content (AvgIpc) is 2.90. The fourth-order valence-electron chi connectivity index (χ4n) is 2.86. The van der Waals surface area contributed by atoms with Gasteiger partial charge in [-0.05, 0) is 48.8 Å². The monoisotopic (exact) mass is 375 g/mol. The van der Waals surface area contributed by atoms with Crippen molar-refractivity contribution in [3.63, 3.8) is 0 Å². The van der Waals surface area contributed by atoms with Gasteiger partial charge in [-0.15, -0.1) is 0 Å². The van der Waals surface area contributed by atoms with Crippen molar-refractivity contribution in [3.05, 3.63) is 83.1 Å². The molecular weight excluding hydrogens is 354 g/mol. The third-order valence-electron chi connectivity index (χ3n) is 4.13. The van der Waals surface area contributed by atoms with Gasteiger partial charge in [-0.3, -0.25) is 9.59 Å². The Kier molecular flexibility index (Phi) is 5.69. The van der Waals surface area contributed by atoms with E-state index in [1.54, 1.807) is 12.1 Å². The van der Waals surface area contributed by atoms with Crippen LogP contribution in [0, 0.1) is 6.92 Å². The van der Waals surface area contributed by atoms with Gasteiger partial charge in [-0.25, -0.2) is 9.69 Å². The molecule has 28 heavy (non-hydrogen) atoms. The fourth-order valence-corrected chi connectivity index (χ4v) is 2.86. The van der Waals surface area contributed by atoms with E-state index in [1.165, 1.54) is 0 Å². The number of hydrogen-bond donors (Lipinski definition) is 2. The summed E-state index contributed by atoms with van der Waals surface area (Å²) >= 11 is 0. The number of carbonyl (C=O) groups is 3. The highest BCUT2D eigenvalue weighted by molar-refractivity contribution is 6.14. The quantitative estimate of drug-likeness (QED) is 0.620. The van der Waals surface area contributed by atoms with Crippen LogP contribution >= 0.6 is 0 Å².